The summed E-state index contributed by atoms with van der Waals surface area (Å²) in [7, 11) is 0. The Balaban J connectivity index is -0.0000000952. The van der Waals surface area contributed by atoms with Crippen LogP contribution in [0.15, 0.2) is 30.3 Å². The summed E-state index contributed by atoms with van der Waals surface area (Å²) in [5, 5.41) is 3.54. The number of carbonyl (C=O) groups excluding carboxylic acids is 1. The molecule has 1 rings (SSSR count). The number of aryl methyl sites for hydroxylation is 1. The van der Waals surface area contributed by atoms with E-state index >= 15 is 0 Å². The number of primary amides is 1. The Morgan fingerprint density at radius 1 is 1.04 bits per heavy atom. The number of carbonyl (C=O) groups is 1. The third kappa shape index (κ3) is 14.3. The normalized spacial score (nSPS) is 8.96. The minimum absolute atomic E-state index is 0. The zero-order valence-corrected chi connectivity index (χ0v) is 16.6. The van der Waals surface area contributed by atoms with Gasteiger partial charge in [0, 0.05) is 13.1 Å². The van der Waals surface area contributed by atoms with Crippen LogP contribution < -0.4 is 5.73 Å². The summed E-state index contributed by atoms with van der Waals surface area (Å²) in [5.41, 5.74) is 6.39. The first-order chi connectivity index (χ1) is 9.23. The van der Waals surface area contributed by atoms with Crippen LogP contribution in [-0.2, 0) is 0 Å². The van der Waals surface area contributed by atoms with E-state index in [4.69, 9.17) is 5.73 Å². The van der Waals surface area contributed by atoms with Gasteiger partial charge in [0.1, 0.15) is 0 Å². The molecule has 0 aliphatic carbocycles. The van der Waals surface area contributed by atoms with Crippen molar-refractivity contribution in [3.05, 3.63) is 35.9 Å². The van der Waals surface area contributed by atoms with Gasteiger partial charge in [-0.3, -0.25) is 5.01 Å². The topological polar surface area (TPSA) is 81.1 Å². The molecule has 140 valence electrons. The van der Waals surface area contributed by atoms with E-state index in [1.54, 1.807) is 5.01 Å². The van der Waals surface area contributed by atoms with Crippen LogP contribution in [0, 0.1) is 6.92 Å². The molecule has 0 saturated carbocycles. The van der Waals surface area contributed by atoms with Gasteiger partial charge < -0.3 is 11.2 Å². The maximum absolute atomic E-state index is 11.2. The fourth-order valence-corrected chi connectivity index (χ4v) is 1.94. The van der Waals surface area contributed by atoms with Gasteiger partial charge in [-0.1, -0.05) is 49.7 Å². The number of urea groups is 1. The summed E-state index contributed by atoms with van der Waals surface area (Å²) in [6, 6.07) is 9.87. The summed E-state index contributed by atoms with van der Waals surface area (Å²) in [6.07, 6.45) is 0. The number of rotatable bonds is 3. The van der Waals surface area contributed by atoms with E-state index in [0.29, 0.717) is 0 Å². The van der Waals surface area contributed by atoms with E-state index in [9.17, 15) is 4.79 Å². The Morgan fingerprint density at radius 2 is 1.42 bits per heavy atom. The molecule has 0 saturated heterocycles. The van der Waals surface area contributed by atoms with E-state index in [1.807, 2.05) is 57.8 Å². The summed E-state index contributed by atoms with van der Waals surface area (Å²) in [5.74, 6) is 0. The van der Waals surface area contributed by atoms with Crippen LogP contribution in [0.2, 0.25) is 0 Å². The number of halogens is 2. The van der Waals surface area contributed by atoms with Gasteiger partial charge >= 0.3 is 35.6 Å². The molecule has 0 radical (unpaired) electrons. The molecule has 0 fully saturated rings. The van der Waals surface area contributed by atoms with Crippen molar-refractivity contribution < 1.29 is 10.3 Å². The van der Waals surface area contributed by atoms with Crippen LogP contribution in [0.3, 0.4) is 0 Å². The molecule has 4 N–H and O–H groups in total. The van der Waals surface area contributed by atoms with Gasteiger partial charge in [0.25, 0.3) is 0 Å². The minimum atomic E-state index is -0.392. The zero-order chi connectivity index (χ0) is 15.8. The molecule has 1 aromatic carbocycles. The van der Waals surface area contributed by atoms with E-state index in [1.165, 1.54) is 5.56 Å². The third-order valence-corrected chi connectivity index (χ3v) is 2.80. The molecule has 1 aromatic rings. The second kappa shape index (κ2) is 17.8. The van der Waals surface area contributed by atoms with Gasteiger partial charge in [-0.05, 0) is 27.7 Å². The van der Waals surface area contributed by atoms with E-state index < -0.39 is 6.03 Å². The molecule has 0 atom stereocenters. The van der Waals surface area contributed by atoms with E-state index in [2.05, 4.69) is 19.1 Å². The molecule has 0 spiro atoms. The average Bonchev–Trinajstić information content (AvgIpc) is 2.35. The van der Waals surface area contributed by atoms with E-state index in [0.717, 1.165) is 13.1 Å². The van der Waals surface area contributed by atoms with Crippen molar-refractivity contribution >= 4 is 60.4 Å². The van der Waals surface area contributed by atoms with Crippen molar-refractivity contribution in [2.75, 3.05) is 13.1 Å². The van der Waals surface area contributed by atoms with Gasteiger partial charge in [-0.25, -0.2) is 9.80 Å². The van der Waals surface area contributed by atoms with Gasteiger partial charge in [0.15, 0.2) is 0 Å². The molecule has 0 unspecified atom stereocenters. The Bertz CT molecular complexity index is 400. The molecule has 2 amide bonds. The Kier molecular flexibility index (Phi) is 26.1. The zero-order valence-electron chi connectivity index (χ0n) is 15.0. The molecule has 24 heavy (non-hydrogen) atoms. The van der Waals surface area contributed by atoms with Crippen molar-refractivity contribution in [1.29, 1.82) is 0 Å². The SMILES string of the molecule is CCN(CC)N(C(N)=O)C(C)(C)C.Cc1ccccc1.Cl.Cl.O.[NaH]. The van der Waals surface area contributed by atoms with Crippen molar-refractivity contribution in [2.45, 2.75) is 47.1 Å². The first-order valence-corrected chi connectivity index (χ1v) is 7.10. The molecule has 0 bridgehead atoms. The van der Waals surface area contributed by atoms with Crippen molar-refractivity contribution in [1.82, 2.24) is 10.0 Å². The molecule has 5 nitrogen and oxygen atoms in total. The summed E-state index contributed by atoms with van der Waals surface area (Å²) in [6.45, 7) is 13.6. The second-order valence-corrected chi connectivity index (χ2v) is 5.61. The fraction of sp³-hybridized carbons (Fsp3) is 0.562. The monoisotopic (exact) mass is 393 g/mol. The number of nitrogens with zero attached hydrogens (tertiary/aromatic N) is 2. The van der Waals surface area contributed by atoms with Crippen LogP contribution >= 0.6 is 24.8 Å². The van der Waals surface area contributed by atoms with Crippen LogP contribution in [0.4, 0.5) is 4.79 Å². The fourth-order valence-electron chi connectivity index (χ4n) is 1.94. The predicted octanol–water partition coefficient (Wildman–Crippen LogP) is 2.79. The number of hydrogen-bond donors (Lipinski definition) is 1. The van der Waals surface area contributed by atoms with Crippen molar-refractivity contribution in [3.63, 3.8) is 0 Å². The number of hydrogen-bond acceptors (Lipinski definition) is 2. The van der Waals surface area contributed by atoms with Gasteiger partial charge in [0.05, 0.1) is 5.54 Å². The molecule has 8 heteroatoms. The molecule has 0 aliphatic rings. The quantitative estimate of drug-likeness (QED) is 0.632. The Labute approximate surface area is 181 Å². The first-order valence-electron chi connectivity index (χ1n) is 7.10. The first kappa shape index (κ1) is 35.2. The third-order valence-electron chi connectivity index (χ3n) is 2.80. The molecule has 0 aliphatic heterocycles. The standard InChI is InChI=1S/C9H21N3O.C7H8.2ClH.Na.H2O.H/c1-6-11(7-2)12(8(10)13)9(3,4)5;1-7-5-3-2-4-6-7;;;;;/h6-7H2,1-5H3,(H2,10,13);2-6H,1H3;2*1H;;1H2;. The van der Waals surface area contributed by atoms with Crippen molar-refractivity contribution in [2.24, 2.45) is 5.73 Å². The van der Waals surface area contributed by atoms with Crippen LogP contribution in [0.1, 0.15) is 40.2 Å². The van der Waals surface area contributed by atoms with Crippen LogP contribution in [0.25, 0.3) is 0 Å². The molecular formula is C16H34Cl2N3NaO2. The summed E-state index contributed by atoms with van der Waals surface area (Å²) >= 11 is 0. The van der Waals surface area contributed by atoms with Crippen molar-refractivity contribution in [3.8, 4) is 0 Å². The number of nitrogens with two attached hydrogens (primary N) is 1. The molecule has 0 aromatic heterocycles. The Hall–Kier alpha value is -0.01000. The van der Waals surface area contributed by atoms with Gasteiger partial charge in [-0.15, -0.1) is 24.8 Å². The predicted molar refractivity (Wildman–Crippen MR) is 111 cm³/mol. The Morgan fingerprint density at radius 3 is 1.54 bits per heavy atom. The number of amides is 2. The second-order valence-electron chi connectivity index (χ2n) is 5.61. The molecular weight excluding hydrogens is 360 g/mol. The van der Waals surface area contributed by atoms with Crippen LogP contribution in [0.5, 0.6) is 0 Å². The number of benzene rings is 1. The number of hydrazine groups is 1. The summed E-state index contributed by atoms with van der Waals surface area (Å²) in [4.78, 5) is 11.2. The molecule has 0 heterocycles. The summed E-state index contributed by atoms with van der Waals surface area (Å²) < 4.78 is 0. The van der Waals surface area contributed by atoms with Gasteiger partial charge in [0.2, 0.25) is 0 Å². The van der Waals surface area contributed by atoms with Gasteiger partial charge in [-0.2, -0.15) is 0 Å². The average molecular weight is 394 g/mol. The van der Waals surface area contributed by atoms with E-state index in [-0.39, 0.29) is 65.4 Å². The van der Waals surface area contributed by atoms with Crippen LogP contribution in [-0.4, -0.2) is 69.7 Å². The maximum atomic E-state index is 11.2.